The van der Waals surface area contributed by atoms with Crippen molar-refractivity contribution in [1.82, 2.24) is 5.32 Å². The highest BCUT2D eigenvalue weighted by Crippen LogP contribution is 2.26. The van der Waals surface area contributed by atoms with Gasteiger partial charge in [0.25, 0.3) is 0 Å². The number of hydrogen-bond donors (Lipinski definition) is 1. The Bertz CT molecular complexity index is 273. The molecular weight excluding hydrogens is 238 g/mol. The summed E-state index contributed by atoms with van der Waals surface area (Å²) in [5.41, 5.74) is 1.41. The molecule has 0 aliphatic heterocycles. The molecule has 0 amide bonds. The Morgan fingerprint density at radius 3 is 2.57 bits per heavy atom. The second-order valence-electron chi connectivity index (χ2n) is 3.43. The lowest BCUT2D eigenvalue weighted by atomic mass is 9.96. The van der Waals surface area contributed by atoms with Gasteiger partial charge in [0.1, 0.15) is 0 Å². The van der Waals surface area contributed by atoms with Gasteiger partial charge in [-0.1, -0.05) is 48.0 Å². The van der Waals surface area contributed by atoms with Crippen molar-refractivity contribution in [3.63, 3.8) is 0 Å². The first-order valence-corrected chi connectivity index (χ1v) is 6.04. The molecule has 1 aromatic carbocycles. The predicted molar refractivity (Wildman–Crippen MR) is 65.7 cm³/mol. The summed E-state index contributed by atoms with van der Waals surface area (Å²) >= 11 is 3.60. The van der Waals surface area contributed by atoms with E-state index in [4.69, 9.17) is 0 Å². The summed E-state index contributed by atoms with van der Waals surface area (Å²) in [4.78, 5) is 0. The van der Waals surface area contributed by atoms with Gasteiger partial charge in [-0.15, -0.1) is 0 Å². The molecule has 0 bridgehead atoms. The zero-order chi connectivity index (χ0) is 10.4. The van der Waals surface area contributed by atoms with Crippen LogP contribution >= 0.6 is 15.9 Å². The summed E-state index contributed by atoms with van der Waals surface area (Å²) in [5.74, 6) is 0.616. The van der Waals surface area contributed by atoms with E-state index in [1.165, 1.54) is 16.5 Å². The van der Waals surface area contributed by atoms with Crippen molar-refractivity contribution in [3.05, 3.63) is 34.3 Å². The molecule has 0 radical (unpaired) electrons. The summed E-state index contributed by atoms with van der Waals surface area (Å²) in [7, 11) is 0. The molecule has 1 nitrogen and oxygen atoms in total. The van der Waals surface area contributed by atoms with Crippen LogP contribution in [0.5, 0.6) is 0 Å². The molecule has 0 heterocycles. The second-order valence-corrected chi connectivity index (χ2v) is 4.29. The van der Waals surface area contributed by atoms with E-state index < -0.39 is 0 Å². The first kappa shape index (κ1) is 11.7. The number of benzene rings is 1. The zero-order valence-electron chi connectivity index (χ0n) is 8.89. The quantitative estimate of drug-likeness (QED) is 0.849. The molecule has 2 heteroatoms. The third-order valence-corrected chi connectivity index (χ3v) is 3.20. The molecular formula is C12H18BrN. The van der Waals surface area contributed by atoms with Crippen molar-refractivity contribution in [2.75, 3.05) is 13.1 Å². The number of rotatable bonds is 5. The molecule has 1 aromatic rings. The first-order valence-electron chi connectivity index (χ1n) is 5.24. The molecule has 0 saturated carbocycles. The van der Waals surface area contributed by atoms with Crippen LogP contribution in [-0.4, -0.2) is 13.1 Å². The lowest BCUT2D eigenvalue weighted by Gasteiger charge is -2.17. The molecule has 14 heavy (non-hydrogen) atoms. The Labute approximate surface area is 95.0 Å². The monoisotopic (exact) mass is 255 g/mol. The Morgan fingerprint density at radius 1 is 1.29 bits per heavy atom. The number of hydrogen-bond acceptors (Lipinski definition) is 1. The minimum Gasteiger partial charge on any atom is -0.316 e. The minimum absolute atomic E-state index is 0.616. The van der Waals surface area contributed by atoms with E-state index in [-0.39, 0.29) is 0 Å². The van der Waals surface area contributed by atoms with Crippen molar-refractivity contribution >= 4 is 15.9 Å². The van der Waals surface area contributed by atoms with Crippen molar-refractivity contribution in [3.8, 4) is 0 Å². The average Bonchev–Trinajstić information content (AvgIpc) is 2.21. The van der Waals surface area contributed by atoms with Gasteiger partial charge >= 0.3 is 0 Å². The molecule has 0 spiro atoms. The van der Waals surface area contributed by atoms with E-state index in [0.717, 1.165) is 13.1 Å². The summed E-state index contributed by atoms with van der Waals surface area (Å²) in [6.07, 6.45) is 1.18. The highest BCUT2D eigenvalue weighted by Gasteiger charge is 2.10. The fourth-order valence-electron chi connectivity index (χ4n) is 1.60. The lowest BCUT2D eigenvalue weighted by Crippen LogP contribution is -2.20. The highest BCUT2D eigenvalue weighted by atomic mass is 79.9. The van der Waals surface area contributed by atoms with Gasteiger partial charge in [0.15, 0.2) is 0 Å². The molecule has 0 aliphatic carbocycles. The van der Waals surface area contributed by atoms with Gasteiger partial charge in [0.05, 0.1) is 0 Å². The molecule has 0 aliphatic rings. The van der Waals surface area contributed by atoms with Crippen molar-refractivity contribution in [2.24, 2.45) is 0 Å². The van der Waals surface area contributed by atoms with Gasteiger partial charge in [-0.05, 0) is 30.5 Å². The Hall–Kier alpha value is -0.340. The third kappa shape index (κ3) is 3.10. The third-order valence-electron chi connectivity index (χ3n) is 2.48. The van der Waals surface area contributed by atoms with Gasteiger partial charge in [-0.2, -0.15) is 0 Å². The highest BCUT2D eigenvalue weighted by molar-refractivity contribution is 9.10. The van der Waals surface area contributed by atoms with Gasteiger partial charge in [0, 0.05) is 11.0 Å². The van der Waals surface area contributed by atoms with E-state index in [9.17, 15) is 0 Å². The summed E-state index contributed by atoms with van der Waals surface area (Å²) in [5, 5.41) is 3.40. The Balaban J connectivity index is 2.73. The maximum atomic E-state index is 3.60. The normalized spacial score (nSPS) is 12.8. The summed E-state index contributed by atoms with van der Waals surface area (Å²) in [6, 6.07) is 8.49. The molecule has 1 unspecified atom stereocenters. The van der Waals surface area contributed by atoms with Gasteiger partial charge in [-0.3, -0.25) is 0 Å². The Kier molecular flexibility index (Phi) is 5.20. The van der Waals surface area contributed by atoms with E-state index in [1.54, 1.807) is 0 Å². The van der Waals surface area contributed by atoms with Crippen LogP contribution in [-0.2, 0) is 0 Å². The number of likely N-dealkylation sites (N-methyl/N-ethyl adjacent to an activating group) is 1. The van der Waals surface area contributed by atoms with E-state index in [2.05, 4.69) is 59.4 Å². The lowest BCUT2D eigenvalue weighted by molar-refractivity contribution is 0.582. The second kappa shape index (κ2) is 6.20. The topological polar surface area (TPSA) is 12.0 Å². The maximum absolute atomic E-state index is 3.60. The van der Waals surface area contributed by atoms with Crippen LogP contribution in [0.2, 0.25) is 0 Å². The zero-order valence-corrected chi connectivity index (χ0v) is 10.5. The van der Waals surface area contributed by atoms with Crippen LogP contribution in [0.4, 0.5) is 0 Å². The largest absolute Gasteiger partial charge is 0.316 e. The fourth-order valence-corrected chi connectivity index (χ4v) is 2.21. The van der Waals surface area contributed by atoms with Gasteiger partial charge in [0.2, 0.25) is 0 Å². The van der Waals surface area contributed by atoms with Crippen molar-refractivity contribution < 1.29 is 0 Å². The molecule has 1 N–H and O–H groups in total. The van der Waals surface area contributed by atoms with E-state index in [1.807, 2.05) is 0 Å². The van der Waals surface area contributed by atoms with E-state index in [0.29, 0.717) is 5.92 Å². The van der Waals surface area contributed by atoms with Crippen LogP contribution in [0.15, 0.2) is 28.7 Å². The SMILES string of the molecule is CCNCC(CC)c1ccccc1Br. The molecule has 0 saturated heterocycles. The van der Waals surface area contributed by atoms with E-state index >= 15 is 0 Å². The first-order chi connectivity index (χ1) is 6.79. The van der Waals surface area contributed by atoms with Crippen LogP contribution in [0.25, 0.3) is 0 Å². The van der Waals surface area contributed by atoms with Gasteiger partial charge < -0.3 is 5.32 Å². The molecule has 0 aromatic heterocycles. The van der Waals surface area contributed by atoms with Crippen molar-refractivity contribution in [1.29, 1.82) is 0 Å². The molecule has 1 atom stereocenters. The summed E-state index contributed by atoms with van der Waals surface area (Å²) < 4.78 is 1.23. The van der Waals surface area contributed by atoms with Crippen LogP contribution in [0.1, 0.15) is 31.7 Å². The minimum atomic E-state index is 0.616. The molecule has 0 fully saturated rings. The van der Waals surface area contributed by atoms with Crippen LogP contribution in [0, 0.1) is 0 Å². The molecule has 78 valence electrons. The van der Waals surface area contributed by atoms with Crippen molar-refractivity contribution in [2.45, 2.75) is 26.2 Å². The number of halogens is 1. The Morgan fingerprint density at radius 2 is 2.00 bits per heavy atom. The smallest absolute Gasteiger partial charge is 0.0210 e. The summed E-state index contributed by atoms with van der Waals surface area (Å²) in [6.45, 7) is 6.49. The van der Waals surface area contributed by atoms with Crippen LogP contribution < -0.4 is 5.32 Å². The number of nitrogens with one attached hydrogen (secondary N) is 1. The standard InChI is InChI=1S/C12H18BrN/c1-3-10(9-14-4-2)11-7-5-6-8-12(11)13/h5-8,10,14H,3-4,9H2,1-2H3. The maximum Gasteiger partial charge on any atom is 0.0210 e. The fraction of sp³-hybridized carbons (Fsp3) is 0.500. The predicted octanol–water partition coefficient (Wildman–Crippen LogP) is 3.55. The molecule has 1 rings (SSSR count). The average molecular weight is 256 g/mol. The van der Waals surface area contributed by atoms with Crippen LogP contribution in [0.3, 0.4) is 0 Å². The van der Waals surface area contributed by atoms with Gasteiger partial charge in [-0.25, -0.2) is 0 Å².